The molecule has 0 aliphatic rings. The summed E-state index contributed by atoms with van der Waals surface area (Å²) >= 11 is 0. The Balaban J connectivity index is 1.58. The lowest BCUT2D eigenvalue weighted by molar-refractivity contribution is -0.108. The molecule has 0 saturated carbocycles. The van der Waals surface area contributed by atoms with E-state index in [0.717, 1.165) is 64.3 Å². The summed E-state index contributed by atoms with van der Waals surface area (Å²) in [4.78, 5) is 9.53. The summed E-state index contributed by atoms with van der Waals surface area (Å²) < 4.78 is 13.1. The lowest BCUT2D eigenvalue weighted by atomic mass is 9.92. The normalized spacial score (nSPS) is 11.4. The molecule has 0 unspecified atom stereocenters. The maximum absolute atomic E-state index is 5.47. The van der Waals surface area contributed by atoms with E-state index >= 15 is 0 Å². The van der Waals surface area contributed by atoms with E-state index in [0.29, 0.717) is 12.4 Å². The van der Waals surface area contributed by atoms with Crippen molar-refractivity contribution in [2.75, 3.05) is 14.2 Å². The largest absolute Gasteiger partial charge is 0.350 e. The summed E-state index contributed by atoms with van der Waals surface area (Å²) in [6.07, 6.45) is 6.40. The average Bonchev–Trinajstić information content (AvgIpc) is 3.64. The fourth-order valence-electron chi connectivity index (χ4n) is 4.65. The summed E-state index contributed by atoms with van der Waals surface area (Å²) in [5.74, 6) is 1.64. The number of rotatable bonds is 11. The van der Waals surface area contributed by atoms with Gasteiger partial charge in [-0.05, 0) is 51.7 Å². The zero-order chi connectivity index (χ0) is 26.3. The third-order valence-electron chi connectivity index (χ3n) is 6.50. The van der Waals surface area contributed by atoms with Crippen LogP contribution in [0.15, 0.2) is 73.1 Å². The zero-order valence-corrected chi connectivity index (χ0v) is 21.8. The van der Waals surface area contributed by atoms with Crippen molar-refractivity contribution < 1.29 is 9.47 Å². The van der Waals surface area contributed by atoms with Crippen LogP contribution in [0.2, 0.25) is 0 Å². The lowest BCUT2D eigenvalue weighted by Crippen LogP contribution is -2.05. The van der Waals surface area contributed by atoms with Crippen molar-refractivity contribution in [2.45, 2.75) is 39.0 Å². The van der Waals surface area contributed by atoms with Gasteiger partial charge in [-0.25, -0.2) is 10.1 Å². The number of nitrogens with zero attached hydrogens (tertiary/aromatic N) is 6. The number of imidazole rings is 1. The van der Waals surface area contributed by atoms with Crippen LogP contribution < -0.4 is 0 Å². The summed E-state index contributed by atoms with van der Waals surface area (Å²) in [6, 6.07) is 20.6. The molecule has 0 aliphatic carbocycles. The Labute approximate surface area is 221 Å². The van der Waals surface area contributed by atoms with Crippen molar-refractivity contribution in [3.05, 3.63) is 90.1 Å². The Morgan fingerprint density at radius 2 is 1.71 bits per heavy atom. The number of methoxy groups -OCH3 is 2. The predicted octanol–water partition coefficient (Wildman–Crippen LogP) is 5.47. The van der Waals surface area contributed by atoms with Crippen LogP contribution in [0.5, 0.6) is 0 Å². The standard InChI is InChI=1S/C29H31N7O2/c1-4-5-13-27-31-26(29(37-2)38-3)19-36(27)18-20-14-15-22(24(17-20)25-12-8-9-16-30-25)21-10-6-7-11-23(21)28-32-34-35-33-28/h6-12,14-17,19,29H,4-5,13,18H2,1-3H3,(H,32,33,34,35). The quantitative estimate of drug-likeness (QED) is 0.235. The molecule has 5 rings (SSSR count). The van der Waals surface area contributed by atoms with Gasteiger partial charge in [0, 0.05) is 50.7 Å². The monoisotopic (exact) mass is 509 g/mol. The van der Waals surface area contributed by atoms with E-state index in [9.17, 15) is 0 Å². The molecule has 0 radical (unpaired) electrons. The first-order chi connectivity index (χ1) is 18.7. The van der Waals surface area contributed by atoms with Gasteiger partial charge in [-0.3, -0.25) is 4.98 Å². The summed E-state index contributed by atoms with van der Waals surface area (Å²) in [5, 5.41) is 14.6. The number of ether oxygens (including phenoxy) is 2. The van der Waals surface area contributed by atoms with Crippen LogP contribution in [-0.2, 0) is 22.4 Å². The Morgan fingerprint density at radius 3 is 2.42 bits per heavy atom. The maximum Gasteiger partial charge on any atom is 0.202 e. The van der Waals surface area contributed by atoms with E-state index < -0.39 is 6.29 Å². The molecule has 3 heterocycles. The number of aryl methyl sites for hydroxylation is 1. The number of aromatic amines is 1. The second-order valence-corrected chi connectivity index (χ2v) is 9.01. The molecular weight excluding hydrogens is 478 g/mol. The van der Waals surface area contributed by atoms with Crippen LogP contribution in [-0.4, -0.2) is 49.4 Å². The third kappa shape index (κ3) is 5.39. The Bertz CT molecular complexity index is 1460. The van der Waals surface area contributed by atoms with Gasteiger partial charge in [0.25, 0.3) is 0 Å². The number of nitrogens with one attached hydrogen (secondary N) is 1. The van der Waals surface area contributed by atoms with E-state index in [1.807, 2.05) is 48.8 Å². The number of H-pyrrole nitrogens is 1. The van der Waals surface area contributed by atoms with Crippen LogP contribution in [0.25, 0.3) is 33.8 Å². The van der Waals surface area contributed by atoms with Gasteiger partial charge in [-0.2, -0.15) is 0 Å². The van der Waals surface area contributed by atoms with Gasteiger partial charge >= 0.3 is 0 Å². The first-order valence-electron chi connectivity index (χ1n) is 12.7. The van der Waals surface area contributed by atoms with Crippen molar-refractivity contribution in [2.24, 2.45) is 0 Å². The molecule has 2 aromatic carbocycles. The van der Waals surface area contributed by atoms with E-state index in [2.05, 4.69) is 61.4 Å². The summed E-state index contributed by atoms with van der Waals surface area (Å²) in [6.45, 7) is 2.85. The van der Waals surface area contributed by atoms with Crippen LogP contribution in [0.4, 0.5) is 0 Å². The molecule has 0 aliphatic heterocycles. The van der Waals surface area contributed by atoms with Crippen molar-refractivity contribution >= 4 is 0 Å². The van der Waals surface area contributed by atoms with Crippen LogP contribution in [0, 0.1) is 0 Å². The SMILES string of the molecule is CCCCc1nc(C(OC)OC)cn1Cc1ccc(-c2ccccc2-c2nnn[nH]2)c(-c2ccccn2)c1. The van der Waals surface area contributed by atoms with Gasteiger partial charge in [-0.15, -0.1) is 5.10 Å². The zero-order valence-electron chi connectivity index (χ0n) is 21.8. The van der Waals surface area contributed by atoms with Crippen molar-refractivity contribution in [3.8, 4) is 33.8 Å². The van der Waals surface area contributed by atoms with E-state index in [1.54, 1.807) is 14.2 Å². The highest BCUT2D eigenvalue weighted by Crippen LogP contribution is 2.37. The smallest absolute Gasteiger partial charge is 0.202 e. The topological polar surface area (TPSA) is 104 Å². The Hall–Kier alpha value is -4.21. The highest BCUT2D eigenvalue weighted by atomic mass is 16.7. The fraction of sp³-hybridized carbons (Fsp3) is 0.276. The number of benzene rings is 2. The molecule has 0 fully saturated rings. The number of hydrogen-bond donors (Lipinski definition) is 1. The maximum atomic E-state index is 5.47. The van der Waals surface area contributed by atoms with Gasteiger partial charge < -0.3 is 14.0 Å². The van der Waals surface area contributed by atoms with Gasteiger partial charge in [-0.1, -0.05) is 55.8 Å². The number of pyridine rings is 1. The van der Waals surface area contributed by atoms with E-state index in [4.69, 9.17) is 14.5 Å². The van der Waals surface area contributed by atoms with Gasteiger partial charge in [0.15, 0.2) is 5.82 Å². The first-order valence-corrected chi connectivity index (χ1v) is 12.7. The lowest BCUT2D eigenvalue weighted by Gasteiger charge is -2.15. The second kappa shape index (κ2) is 11.9. The van der Waals surface area contributed by atoms with Crippen molar-refractivity contribution in [1.82, 2.24) is 35.2 Å². The molecular formula is C29H31N7O2. The average molecular weight is 510 g/mol. The minimum Gasteiger partial charge on any atom is -0.350 e. The molecule has 0 atom stereocenters. The van der Waals surface area contributed by atoms with Crippen LogP contribution in [0.3, 0.4) is 0 Å². The van der Waals surface area contributed by atoms with Gasteiger partial charge in [0.05, 0.1) is 5.69 Å². The van der Waals surface area contributed by atoms with Crippen molar-refractivity contribution in [1.29, 1.82) is 0 Å². The Morgan fingerprint density at radius 1 is 0.921 bits per heavy atom. The minimum atomic E-state index is -0.495. The first kappa shape index (κ1) is 25.4. The van der Waals surface area contributed by atoms with Crippen LogP contribution in [0.1, 0.15) is 43.1 Å². The van der Waals surface area contributed by atoms with Crippen molar-refractivity contribution in [3.63, 3.8) is 0 Å². The second-order valence-electron chi connectivity index (χ2n) is 9.01. The van der Waals surface area contributed by atoms with Gasteiger partial charge in [0.1, 0.15) is 11.5 Å². The highest BCUT2D eigenvalue weighted by Gasteiger charge is 2.19. The summed E-state index contributed by atoms with van der Waals surface area (Å²) in [7, 11) is 3.26. The van der Waals surface area contributed by atoms with Gasteiger partial charge in [0.2, 0.25) is 6.29 Å². The van der Waals surface area contributed by atoms with Crippen LogP contribution >= 0.6 is 0 Å². The van der Waals surface area contributed by atoms with E-state index in [1.165, 1.54) is 0 Å². The molecule has 0 bridgehead atoms. The predicted molar refractivity (Wildman–Crippen MR) is 145 cm³/mol. The molecule has 38 heavy (non-hydrogen) atoms. The number of aromatic nitrogens is 7. The summed E-state index contributed by atoms with van der Waals surface area (Å²) in [5.41, 5.74) is 6.84. The third-order valence-corrected chi connectivity index (χ3v) is 6.50. The molecule has 3 aromatic heterocycles. The fourth-order valence-corrected chi connectivity index (χ4v) is 4.65. The number of tetrazole rings is 1. The number of hydrogen-bond acceptors (Lipinski definition) is 7. The molecule has 5 aromatic rings. The molecule has 1 N–H and O–H groups in total. The number of unbranched alkanes of at least 4 members (excludes halogenated alkanes) is 1. The highest BCUT2D eigenvalue weighted by molar-refractivity contribution is 5.89. The molecule has 9 heteroatoms. The molecule has 194 valence electrons. The minimum absolute atomic E-state index is 0.495. The molecule has 0 amide bonds. The molecule has 0 saturated heterocycles. The molecule has 0 spiro atoms. The van der Waals surface area contributed by atoms with E-state index in [-0.39, 0.29) is 0 Å². The Kier molecular flexibility index (Phi) is 7.96. The molecule has 9 nitrogen and oxygen atoms in total.